The van der Waals surface area contributed by atoms with Crippen molar-refractivity contribution in [2.45, 2.75) is 38.0 Å². The lowest BCUT2D eigenvalue weighted by molar-refractivity contribution is -0.142. The third-order valence-electron chi connectivity index (χ3n) is 7.27. The molecule has 0 saturated heterocycles. The Kier molecular flexibility index (Phi) is 5.79. The number of esters is 2. The number of likely N-dealkylation sites (N-methyl/N-ethyl adjacent to an activating group) is 1. The number of rotatable bonds is 6. The van der Waals surface area contributed by atoms with Crippen molar-refractivity contribution in [1.29, 1.82) is 0 Å². The molecule has 1 N–H and O–H groups in total. The molecule has 0 saturated carbocycles. The molecule has 2 aromatic rings. The number of nitrogens with one attached hydrogen (secondary N) is 1. The summed E-state index contributed by atoms with van der Waals surface area (Å²) in [5.41, 5.74) is 3.93. The van der Waals surface area contributed by atoms with E-state index in [1.807, 2.05) is 19.2 Å². The van der Waals surface area contributed by atoms with Crippen LogP contribution in [0.15, 0.2) is 18.2 Å². The van der Waals surface area contributed by atoms with Gasteiger partial charge in [-0.05, 0) is 36.7 Å². The molecule has 1 amide bonds. The number of fused-ring (bicyclic) bond motifs is 5. The van der Waals surface area contributed by atoms with Crippen molar-refractivity contribution in [1.82, 2.24) is 10.2 Å². The summed E-state index contributed by atoms with van der Waals surface area (Å²) in [5, 5.41) is 2.89. The Morgan fingerprint density at radius 3 is 2.65 bits per heavy atom. The number of methoxy groups -OCH3 is 1. The molecule has 37 heavy (non-hydrogen) atoms. The number of benzene rings is 2. The molecule has 6 rings (SSSR count). The van der Waals surface area contributed by atoms with E-state index >= 15 is 0 Å². The van der Waals surface area contributed by atoms with Gasteiger partial charge in [-0.3, -0.25) is 14.5 Å². The van der Waals surface area contributed by atoms with Gasteiger partial charge in [0.1, 0.15) is 11.7 Å². The molecular weight excluding hydrogens is 484 g/mol. The van der Waals surface area contributed by atoms with Crippen molar-refractivity contribution < 1.29 is 42.8 Å². The Balaban J connectivity index is 1.35. The van der Waals surface area contributed by atoms with E-state index in [0.29, 0.717) is 41.5 Å². The van der Waals surface area contributed by atoms with Crippen molar-refractivity contribution >= 4 is 17.8 Å². The van der Waals surface area contributed by atoms with Gasteiger partial charge in [0, 0.05) is 30.6 Å². The van der Waals surface area contributed by atoms with Crippen LogP contribution in [0.1, 0.15) is 57.6 Å². The molecule has 0 bridgehead atoms. The van der Waals surface area contributed by atoms with Gasteiger partial charge in [-0.25, -0.2) is 4.79 Å². The molecule has 11 nitrogen and oxygen atoms in total. The van der Waals surface area contributed by atoms with Crippen molar-refractivity contribution in [3.8, 4) is 23.0 Å². The lowest BCUT2D eigenvalue weighted by Gasteiger charge is -2.38. The summed E-state index contributed by atoms with van der Waals surface area (Å²) in [6.07, 6.45) is 0.174. The Labute approximate surface area is 212 Å². The molecule has 0 aliphatic carbocycles. The first-order chi connectivity index (χ1) is 18.0. The minimum atomic E-state index is -0.566. The van der Waals surface area contributed by atoms with Crippen LogP contribution in [0, 0.1) is 0 Å². The number of ether oxygens (including phenoxy) is 6. The number of nitrogens with zero attached hydrogens (tertiary/aromatic N) is 1. The van der Waals surface area contributed by atoms with Crippen LogP contribution in [0.5, 0.6) is 23.0 Å². The van der Waals surface area contributed by atoms with E-state index in [1.165, 1.54) is 7.11 Å². The Morgan fingerprint density at radius 1 is 1.05 bits per heavy atom. The van der Waals surface area contributed by atoms with Crippen molar-refractivity contribution in [3.05, 3.63) is 46.0 Å². The maximum Gasteiger partial charge on any atom is 0.343 e. The Bertz CT molecular complexity index is 1310. The monoisotopic (exact) mass is 510 g/mol. The fraction of sp³-hybridized carbons (Fsp3) is 0.423. The van der Waals surface area contributed by atoms with Crippen LogP contribution in [0.25, 0.3) is 0 Å². The molecular formula is C26H26N2O9. The number of hydrogen-bond donors (Lipinski definition) is 1. The summed E-state index contributed by atoms with van der Waals surface area (Å²) < 4.78 is 33.1. The highest BCUT2D eigenvalue weighted by molar-refractivity contribution is 5.98. The first-order valence-electron chi connectivity index (χ1n) is 12.1. The average molecular weight is 510 g/mol. The molecule has 2 aromatic carbocycles. The quantitative estimate of drug-likeness (QED) is 0.579. The zero-order valence-corrected chi connectivity index (χ0v) is 20.5. The second-order valence-corrected chi connectivity index (χ2v) is 9.27. The highest BCUT2D eigenvalue weighted by atomic mass is 16.7. The molecule has 4 aliphatic rings. The second-order valence-electron chi connectivity index (χ2n) is 9.27. The van der Waals surface area contributed by atoms with E-state index < -0.39 is 18.0 Å². The lowest BCUT2D eigenvalue weighted by Crippen LogP contribution is -2.37. The maximum atomic E-state index is 13.0. The molecule has 0 spiro atoms. The number of carbonyl (C=O) groups excluding carboxylic acids is 3. The predicted octanol–water partition coefficient (Wildman–Crippen LogP) is 2.15. The summed E-state index contributed by atoms with van der Waals surface area (Å²) in [5.74, 6) is 0.976. The van der Waals surface area contributed by atoms with Gasteiger partial charge >= 0.3 is 11.9 Å². The minimum absolute atomic E-state index is 0.00469. The van der Waals surface area contributed by atoms with Crippen molar-refractivity contribution in [2.75, 3.05) is 34.3 Å². The molecule has 0 unspecified atom stereocenters. The molecule has 0 aromatic heterocycles. The number of cyclic esters (lactones) is 1. The topological polar surface area (TPSA) is 122 Å². The van der Waals surface area contributed by atoms with Gasteiger partial charge in [-0.1, -0.05) is 6.07 Å². The van der Waals surface area contributed by atoms with Crippen LogP contribution < -0.4 is 24.3 Å². The highest BCUT2D eigenvalue weighted by Gasteiger charge is 2.45. The smallest absolute Gasteiger partial charge is 0.343 e. The first-order valence-corrected chi connectivity index (χ1v) is 12.1. The van der Waals surface area contributed by atoms with Gasteiger partial charge < -0.3 is 33.7 Å². The molecule has 4 aliphatic heterocycles. The maximum absolute atomic E-state index is 13.0. The van der Waals surface area contributed by atoms with Gasteiger partial charge in [0.05, 0.1) is 19.6 Å². The van der Waals surface area contributed by atoms with Crippen LogP contribution in [0.3, 0.4) is 0 Å². The summed E-state index contributed by atoms with van der Waals surface area (Å²) in [6, 6.07) is 5.31. The van der Waals surface area contributed by atoms with E-state index in [1.54, 1.807) is 6.07 Å². The molecule has 194 valence electrons. The van der Waals surface area contributed by atoms with E-state index in [4.69, 9.17) is 23.7 Å². The average Bonchev–Trinajstić information content (AvgIpc) is 3.63. The van der Waals surface area contributed by atoms with E-state index in [9.17, 15) is 14.4 Å². The summed E-state index contributed by atoms with van der Waals surface area (Å²) in [7, 11) is 3.28. The van der Waals surface area contributed by atoms with Gasteiger partial charge in [-0.2, -0.15) is 0 Å². The fourth-order valence-corrected chi connectivity index (χ4v) is 5.48. The van der Waals surface area contributed by atoms with Crippen LogP contribution in [-0.4, -0.2) is 57.0 Å². The third-order valence-corrected chi connectivity index (χ3v) is 7.27. The molecule has 0 fully saturated rings. The van der Waals surface area contributed by atoms with Crippen LogP contribution in [0.4, 0.5) is 0 Å². The van der Waals surface area contributed by atoms with Gasteiger partial charge in [-0.15, -0.1) is 0 Å². The second kappa shape index (κ2) is 9.15. The standard InChI is InChI=1S/C26H26N2O9/c1-28-8-7-13-15(22(28)24-14-3-4-17-25(36-11-33-17)21(14)26(31)37-24)9-18-23(35-12-34-18)16(13)10-27-19(29)5-6-20(30)32-2/h3-4,9,22,24H,5-8,10-12H2,1-2H3,(H,27,29)/t22-,24+/m0/s1. The summed E-state index contributed by atoms with van der Waals surface area (Å²) in [6.45, 7) is 1.06. The van der Waals surface area contributed by atoms with Gasteiger partial charge in [0.15, 0.2) is 23.0 Å². The lowest BCUT2D eigenvalue weighted by atomic mass is 9.83. The largest absolute Gasteiger partial charge is 0.469 e. The Morgan fingerprint density at radius 2 is 1.84 bits per heavy atom. The number of carbonyl (C=O) groups is 3. The summed E-state index contributed by atoms with van der Waals surface area (Å²) in [4.78, 5) is 38.9. The zero-order valence-electron chi connectivity index (χ0n) is 20.5. The summed E-state index contributed by atoms with van der Waals surface area (Å²) >= 11 is 0. The van der Waals surface area contributed by atoms with E-state index in [0.717, 1.165) is 22.3 Å². The third kappa shape index (κ3) is 3.90. The number of hydrogen-bond acceptors (Lipinski definition) is 10. The molecule has 4 heterocycles. The van der Waals surface area contributed by atoms with E-state index in [-0.39, 0.29) is 44.9 Å². The van der Waals surface area contributed by atoms with Crippen LogP contribution >= 0.6 is 0 Å². The van der Waals surface area contributed by atoms with Crippen LogP contribution in [-0.2, 0) is 32.0 Å². The number of amides is 1. The molecule has 2 atom stereocenters. The SMILES string of the molecule is COC(=O)CCC(=O)NCc1c2c(cc3c1OCO3)[C@@H]([C@@H]1OC(=O)c3c1ccc1c3OCO1)N(C)CC2. The van der Waals surface area contributed by atoms with Crippen LogP contribution in [0.2, 0.25) is 0 Å². The molecule has 0 radical (unpaired) electrons. The highest BCUT2D eigenvalue weighted by Crippen LogP contribution is 2.52. The fourth-order valence-electron chi connectivity index (χ4n) is 5.48. The van der Waals surface area contributed by atoms with Crippen molar-refractivity contribution in [3.63, 3.8) is 0 Å². The van der Waals surface area contributed by atoms with Gasteiger partial charge in [0.2, 0.25) is 19.5 Å². The minimum Gasteiger partial charge on any atom is -0.469 e. The van der Waals surface area contributed by atoms with Crippen molar-refractivity contribution in [2.24, 2.45) is 0 Å². The zero-order chi connectivity index (χ0) is 25.7. The first kappa shape index (κ1) is 23.4. The van der Waals surface area contributed by atoms with Gasteiger partial charge in [0.25, 0.3) is 0 Å². The van der Waals surface area contributed by atoms with E-state index in [2.05, 4.69) is 15.0 Å². The Hall–Kier alpha value is -3.99. The normalized spacial score (nSPS) is 20.8. The predicted molar refractivity (Wildman–Crippen MR) is 125 cm³/mol. The molecule has 11 heteroatoms.